The molecule has 0 atom stereocenters. The highest BCUT2D eigenvalue weighted by Crippen LogP contribution is 2.15. The number of halogens is 4. The van der Waals surface area contributed by atoms with Crippen molar-refractivity contribution in [3.8, 4) is 0 Å². The maximum atomic E-state index is 13.1. The number of hydrogen-bond acceptors (Lipinski definition) is 3. The summed E-state index contributed by atoms with van der Waals surface area (Å²) < 4.78 is 27.5. The molecule has 0 unspecified atom stereocenters. The zero-order valence-electron chi connectivity index (χ0n) is 13.0. The molecule has 0 saturated carbocycles. The van der Waals surface area contributed by atoms with Crippen LogP contribution in [0, 0.1) is 0 Å². The lowest BCUT2D eigenvalue weighted by Gasteiger charge is -2.15. The van der Waals surface area contributed by atoms with Gasteiger partial charge in [-0.1, -0.05) is 29.8 Å². The monoisotopic (exact) mass is 391 g/mol. The van der Waals surface area contributed by atoms with Crippen molar-refractivity contribution in [1.29, 1.82) is 0 Å². The molecule has 0 fully saturated rings. The van der Waals surface area contributed by atoms with Gasteiger partial charge in [0.25, 0.3) is 17.4 Å². The molecule has 9 heteroatoms. The molecular weight excluding hydrogens is 375 g/mol. The highest BCUT2D eigenvalue weighted by Gasteiger charge is 2.27. The zero-order chi connectivity index (χ0) is 17.7. The molecule has 0 spiro atoms. The predicted molar refractivity (Wildman–Crippen MR) is 94.8 cm³/mol. The van der Waals surface area contributed by atoms with Crippen molar-refractivity contribution < 1.29 is 13.6 Å². The minimum absolute atomic E-state index is 0. The van der Waals surface area contributed by atoms with Crippen molar-refractivity contribution in [3.63, 3.8) is 0 Å². The van der Waals surface area contributed by atoms with Crippen LogP contribution in [0.25, 0.3) is 0 Å². The van der Waals surface area contributed by atoms with Crippen LogP contribution in [0.2, 0.25) is 5.02 Å². The van der Waals surface area contributed by atoms with E-state index >= 15 is 0 Å². The number of hydrogen-bond donors (Lipinski definition) is 2. The van der Waals surface area contributed by atoms with Gasteiger partial charge in [0.1, 0.15) is 0 Å². The van der Waals surface area contributed by atoms with Crippen LogP contribution in [0.5, 0.6) is 0 Å². The minimum Gasteiger partial charge on any atom is -0.346 e. The normalized spacial score (nSPS) is 10.9. The van der Waals surface area contributed by atoms with Gasteiger partial charge >= 0.3 is 0 Å². The van der Waals surface area contributed by atoms with Crippen LogP contribution in [-0.2, 0) is 6.54 Å². The number of nitrogens with zero attached hydrogens (tertiary/aromatic N) is 1. The number of carbonyl (C=O) groups is 1. The molecule has 1 aromatic heterocycles. The fourth-order valence-corrected chi connectivity index (χ4v) is 2.18. The van der Waals surface area contributed by atoms with Gasteiger partial charge in [-0.15, -0.1) is 12.4 Å². The van der Waals surface area contributed by atoms with Gasteiger partial charge in [-0.3, -0.25) is 9.59 Å². The van der Waals surface area contributed by atoms with Gasteiger partial charge in [0, 0.05) is 17.3 Å². The molecule has 2 rings (SSSR count). The number of alkyl halides is 2. The van der Waals surface area contributed by atoms with Crippen molar-refractivity contribution in [2.24, 2.45) is 5.73 Å². The number of benzene rings is 1. The molecule has 0 aliphatic heterocycles. The molecule has 0 radical (unpaired) electrons. The number of carbonyl (C=O) groups excluding carboxylic acids is 1. The molecule has 0 saturated heterocycles. The summed E-state index contributed by atoms with van der Waals surface area (Å²) in [5.74, 6) is -3.89. The highest BCUT2D eigenvalue weighted by atomic mass is 35.5. The maximum absolute atomic E-state index is 13.1. The van der Waals surface area contributed by atoms with Gasteiger partial charge in [-0.2, -0.15) is 0 Å². The topological polar surface area (TPSA) is 77.1 Å². The Balaban J connectivity index is 0.00000312. The number of nitrogens with two attached hydrogens (primary N) is 1. The van der Waals surface area contributed by atoms with E-state index in [1.807, 2.05) is 0 Å². The summed E-state index contributed by atoms with van der Waals surface area (Å²) in [6, 6.07) is 9.46. The molecule has 3 N–H and O–H groups in total. The SMILES string of the molecule is Cl.NCC(F)(F)CNC(=O)c1ccc(=O)n(Cc2ccccc2Cl)c1. The van der Waals surface area contributed by atoms with E-state index in [0.717, 1.165) is 0 Å². The first-order chi connectivity index (χ1) is 11.3. The van der Waals surface area contributed by atoms with E-state index < -0.39 is 24.9 Å². The Kier molecular flexibility index (Phi) is 7.54. The van der Waals surface area contributed by atoms with Gasteiger partial charge in [-0.25, -0.2) is 8.78 Å². The quantitative estimate of drug-likeness (QED) is 0.792. The molecule has 1 aromatic carbocycles. The van der Waals surface area contributed by atoms with E-state index in [-0.39, 0.29) is 30.1 Å². The van der Waals surface area contributed by atoms with Crippen molar-refractivity contribution in [2.45, 2.75) is 12.5 Å². The van der Waals surface area contributed by atoms with E-state index in [1.54, 1.807) is 24.3 Å². The van der Waals surface area contributed by atoms with Crippen LogP contribution >= 0.6 is 24.0 Å². The Morgan fingerprint density at radius 2 is 1.92 bits per heavy atom. The van der Waals surface area contributed by atoms with E-state index in [1.165, 1.54) is 22.9 Å². The Morgan fingerprint density at radius 3 is 2.56 bits per heavy atom. The number of nitrogens with one attached hydrogen (secondary N) is 1. The third kappa shape index (κ3) is 5.81. The van der Waals surface area contributed by atoms with E-state index in [9.17, 15) is 18.4 Å². The fourth-order valence-electron chi connectivity index (χ4n) is 1.98. The summed E-state index contributed by atoms with van der Waals surface area (Å²) in [5.41, 5.74) is 5.38. The third-order valence-electron chi connectivity index (χ3n) is 3.35. The summed E-state index contributed by atoms with van der Waals surface area (Å²) in [5, 5.41) is 2.59. The van der Waals surface area contributed by atoms with E-state index in [4.69, 9.17) is 17.3 Å². The molecule has 25 heavy (non-hydrogen) atoms. The van der Waals surface area contributed by atoms with E-state index in [0.29, 0.717) is 10.6 Å². The lowest BCUT2D eigenvalue weighted by molar-refractivity contribution is 0.0118. The average molecular weight is 392 g/mol. The number of pyridine rings is 1. The molecule has 136 valence electrons. The second-order valence-electron chi connectivity index (χ2n) is 5.22. The molecule has 0 aliphatic carbocycles. The van der Waals surface area contributed by atoms with Gasteiger partial charge in [-0.05, 0) is 17.7 Å². The Labute approximate surface area is 154 Å². The van der Waals surface area contributed by atoms with Crippen LogP contribution in [0.3, 0.4) is 0 Å². The zero-order valence-corrected chi connectivity index (χ0v) is 14.6. The molecular formula is C16H17Cl2F2N3O2. The van der Waals surface area contributed by atoms with Crippen LogP contribution in [0.4, 0.5) is 8.78 Å². The van der Waals surface area contributed by atoms with Crippen LogP contribution < -0.4 is 16.6 Å². The molecule has 5 nitrogen and oxygen atoms in total. The second-order valence-corrected chi connectivity index (χ2v) is 5.63. The van der Waals surface area contributed by atoms with Crippen molar-refractivity contribution >= 4 is 29.9 Å². The van der Waals surface area contributed by atoms with Crippen molar-refractivity contribution in [3.05, 3.63) is 69.1 Å². The summed E-state index contributed by atoms with van der Waals surface area (Å²) >= 11 is 6.05. The second kappa shape index (κ2) is 8.94. The van der Waals surface area contributed by atoms with Crippen LogP contribution in [-0.4, -0.2) is 29.5 Å². The fraction of sp³-hybridized carbons (Fsp3) is 0.250. The van der Waals surface area contributed by atoms with Crippen LogP contribution in [0.15, 0.2) is 47.4 Å². The van der Waals surface area contributed by atoms with Crippen molar-refractivity contribution in [1.82, 2.24) is 9.88 Å². The number of rotatable bonds is 6. The Hall–Kier alpha value is -1.96. The highest BCUT2D eigenvalue weighted by molar-refractivity contribution is 6.31. The summed E-state index contributed by atoms with van der Waals surface area (Å²) in [6.07, 6.45) is 1.31. The minimum atomic E-state index is -3.18. The molecule has 0 bridgehead atoms. The smallest absolute Gasteiger partial charge is 0.277 e. The van der Waals surface area contributed by atoms with Crippen LogP contribution in [0.1, 0.15) is 15.9 Å². The number of amides is 1. The summed E-state index contributed by atoms with van der Waals surface area (Å²) in [6.45, 7) is -1.57. The average Bonchev–Trinajstić information content (AvgIpc) is 2.56. The van der Waals surface area contributed by atoms with Crippen molar-refractivity contribution in [2.75, 3.05) is 13.1 Å². The first kappa shape index (κ1) is 21.1. The first-order valence-corrected chi connectivity index (χ1v) is 7.50. The predicted octanol–water partition coefficient (Wildman–Crippen LogP) is 2.30. The Morgan fingerprint density at radius 1 is 1.24 bits per heavy atom. The van der Waals surface area contributed by atoms with Gasteiger partial charge in [0.15, 0.2) is 0 Å². The van der Waals surface area contributed by atoms with E-state index in [2.05, 4.69) is 5.32 Å². The Bertz CT molecular complexity index is 797. The van der Waals surface area contributed by atoms with Gasteiger partial charge in [0.05, 0.1) is 25.2 Å². The maximum Gasteiger partial charge on any atom is 0.277 e. The first-order valence-electron chi connectivity index (χ1n) is 7.12. The lowest BCUT2D eigenvalue weighted by Crippen LogP contribution is -2.41. The van der Waals surface area contributed by atoms with Gasteiger partial charge < -0.3 is 15.6 Å². The van der Waals surface area contributed by atoms with Gasteiger partial charge in [0.2, 0.25) is 0 Å². The summed E-state index contributed by atoms with van der Waals surface area (Å²) in [7, 11) is 0. The molecule has 1 amide bonds. The third-order valence-corrected chi connectivity index (χ3v) is 3.72. The molecule has 2 aromatic rings. The molecule has 1 heterocycles. The number of aromatic nitrogens is 1. The lowest BCUT2D eigenvalue weighted by atomic mass is 10.2. The molecule has 0 aliphatic rings. The largest absolute Gasteiger partial charge is 0.346 e. The summed E-state index contributed by atoms with van der Waals surface area (Å²) in [4.78, 5) is 23.9. The standard InChI is InChI=1S/C16H16ClF2N3O2.ClH/c17-13-4-2-1-3-11(13)7-22-8-12(5-6-14(22)23)15(24)21-10-16(18,19)9-20;/h1-6,8H,7,9-10,20H2,(H,21,24);1H.